The van der Waals surface area contributed by atoms with Gasteiger partial charge in [-0.3, -0.25) is 5.32 Å². The van der Waals surface area contributed by atoms with Crippen molar-refractivity contribution in [3.8, 4) is 11.8 Å². The van der Waals surface area contributed by atoms with Crippen LogP contribution in [0.3, 0.4) is 0 Å². The number of alkyl carbamates (subject to hydrolysis) is 1. The summed E-state index contributed by atoms with van der Waals surface area (Å²) in [6.45, 7) is 4.04. The van der Waals surface area contributed by atoms with Crippen molar-refractivity contribution in [3.05, 3.63) is 35.9 Å². The SMILES string of the molecule is CCOC(=O)[C@](C#CC(OCC)OCC)(NC(=O)OCc1ccccc1)C(F)(F)F. The minimum Gasteiger partial charge on any atom is -0.463 e. The third kappa shape index (κ3) is 7.24. The zero-order valence-electron chi connectivity index (χ0n) is 16.9. The average molecular weight is 431 g/mol. The van der Waals surface area contributed by atoms with E-state index in [9.17, 15) is 22.8 Å². The van der Waals surface area contributed by atoms with Crippen LogP contribution in [0.25, 0.3) is 0 Å². The van der Waals surface area contributed by atoms with E-state index < -0.39 is 30.1 Å². The molecule has 1 rings (SSSR count). The Bertz CT molecular complexity index is 738. The zero-order chi connectivity index (χ0) is 22.6. The fourth-order valence-corrected chi connectivity index (χ4v) is 2.14. The molecule has 0 aliphatic carbocycles. The van der Waals surface area contributed by atoms with Gasteiger partial charge in [0, 0.05) is 13.2 Å². The van der Waals surface area contributed by atoms with E-state index in [4.69, 9.17) is 14.2 Å². The number of ether oxygens (including phenoxy) is 4. The Morgan fingerprint density at radius 3 is 2.10 bits per heavy atom. The normalized spacial score (nSPS) is 13.0. The summed E-state index contributed by atoms with van der Waals surface area (Å²) in [7, 11) is 0. The molecule has 0 aliphatic rings. The van der Waals surface area contributed by atoms with Crippen LogP contribution in [0.2, 0.25) is 0 Å². The molecule has 10 heteroatoms. The van der Waals surface area contributed by atoms with Gasteiger partial charge < -0.3 is 18.9 Å². The maximum atomic E-state index is 13.9. The smallest absolute Gasteiger partial charge is 0.434 e. The molecule has 0 heterocycles. The van der Waals surface area contributed by atoms with Crippen molar-refractivity contribution < 1.29 is 41.7 Å². The van der Waals surface area contributed by atoms with E-state index in [1.165, 1.54) is 12.2 Å². The highest BCUT2D eigenvalue weighted by molar-refractivity contribution is 5.90. The number of rotatable bonds is 9. The molecule has 1 atom stereocenters. The largest absolute Gasteiger partial charge is 0.463 e. The Balaban J connectivity index is 3.20. The number of carbonyl (C=O) groups is 2. The molecular weight excluding hydrogens is 407 g/mol. The molecule has 0 aromatic heterocycles. The van der Waals surface area contributed by atoms with E-state index in [0.29, 0.717) is 5.56 Å². The van der Waals surface area contributed by atoms with Crippen LogP contribution in [0.4, 0.5) is 18.0 Å². The lowest BCUT2D eigenvalue weighted by atomic mass is 9.99. The molecule has 1 aromatic rings. The minimum atomic E-state index is -5.32. The second-order valence-corrected chi connectivity index (χ2v) is 5.67. The summed E-state index contributed by atoms with van der Waals surface area (Å²) in [5, 5.41) is 1.52. The summed E-state index contributed by atoms with van der Waals surface area (Å²) in [4.78, 5) is 24.4. The fraction of sp³-hybridized carbons (Fsp3) is 0.500. The van der Waals surface area contributed by atoms with Gasteiger partial charge in [0.15, 0.2) is 0 Å². The lowest BCUT2D eigenvalue weighted by Crippen LogP contribution is -2.64. The van der Waals surface area contributed by atoms with Crippen molar-refractivity contribution in [2.75, 3.05) is 19.8 Å². The van der Waals surface area contributed by atoms with Crippen LogP contribution < -0.4 is 5.32 Å². The first-order valence-electron chi connectivity index (χ1n) is 9.18. The van der Waals surface area contributed by atoms with E-state index >= 15 is 0 Å². The lowest BCUT2D eigenvalue weighted by Gasteiger charge is -2.29. The Kier molecular flexibility index (Phi) is 10.1. The molecule has 0 aliphatic heterocycles. The number of amides is 1. The second kappa shape index (κ2) is 12.0. The van der Waals surface area contributed by atoms with Gasteiger partial charge in [-0.1, -0.05) is 30.3 Å². The number of carbonyl (C=O) groups excluding carboxylic acids is 2. The number of nitrogens with one attached hydrogen (secondary N) is 1. The van der Waals surface area contributed by atoms with Crippen LogP contribution in [-0.4, -0.2) is 49.9 Å². The summed E-state index contributed by atoms with van der Waals surface area (Å²) in [5.74, 6) is 2.05. The monoisotopic (exact) mass is 431 g/mol. The first kappa shape index (κ1) is 25.3. The van der Waals surface area contributed by atoms with Gasteiger partial charge in [0.05, 0.1) is 6.61 Å². The number of hydrogen-bond acceptors (Lipinski definition) is 6. The molecule has 0 spiro atoms. The highest BCUT2D eigenvalue weighted by Gasteiger charge is 2.63. The molecule has 7 nitrogen and oxygen atoms in total. The maximum Gasteiger partial charge on any atom is 0.434 e. The molecule has 1 amide bonds. The third-order valence-corrected chi connectivity index (χ3v) is 3.52. The molecule has 0 bridgehead atoms. The molecule has 0 saturated carbocycles. The molecule has 166 valence electrons. The van der Waals surface area contributed by atoms with Crippen molar-refractivity contribution in [3.63, 3.8) is 0 Å². The molecule has 1 N–H and O–H groups in total. The van der Waals surface area contributed by atoms with E-state index in [1.807, 2.05) is 0 Å². The molecule has 0 saturated heterocycles. The molecule has 30 heavy (non-hydrogen) atoms. The van der Waals surface area contributed by atoms with Crippen molar-refractivity contribution in [1.29, 1.82) is 0 Å². The number of benzene rings is 1. The summed E-state index contributed by atoms with van der Waals surface area (Å²) in [6, 6.07) is 8.29. The Morgan fingerprint density at radius 1 is 1.00 bits per heavy atom. The van der Waals surface area contributed by atoms with Gasteiger partial charge in [0.25, 0.3) is 5.54 Å². The van der Waals surface area contributed by atoms with E-state index in [1.54, 1.807) is 50.1 Å². The maximum absolute atomic E-state index is 13.9. The van der Waals surface area contributed by atoms with E-state index in [0.717, 1.165) is 0 Å². The third-order valence-electron chi connectivity index (χ3n) is 3.52. The lowest BCUT2D eigenvalue weighted by molar-refractivity contribution is -0.198. The highest BCUT2D eigenvalue weighted by Crippen LogP contribution is 2.32. The molecular formula is C20H24F3NO6. The molecule has 1 aromatic carbocycles. The van der Waals surface area contributed by atoms with Gasteiger partial charge >= 0.3 is 18.2 Å². The van der Waals surface area contributed by atoms with Crippen molar-refractivity contribution >= 4 is 12.1 Å². The zero-order valence-corrected chi connectivity index (χ0v) is 16.9. The summed E-state index contributed by atoms with van der Waals surface area (Å²) >= 11 is 0. The highest BCUT2D eigenvalue weighted by atomic mass is 19.4. The first-order chi connectivity index (χ1) is 14.2. The van der Waals surface area contributed by atoms with Gasteiger partial charge in [0.2, 0.25) is 6.29 Å². The van der Waals surface area contributed by atoms with Gasteiger partial charge in [-0.25, -0.2) is 9.59 Å². The average Bonchev–Trinajstić information content (AvgIpc) is 2.69. The molecule has 0 fully saturated rings. The van der Waals surface area contributed by atoms with Gasteiger partial charge in [-0.05, 0) is 38.2 Å². The van der Waals surface area contributed by atoms with Gasteiger partial charge in [-0.2, -0.15) is 13.2 Å². The Labute approximate surface area is 172 Å². The number of esters is 1. The quantitative estimate of drug-likeness (QED) is 0.367. The van der Waals surface area contributed by atoms with Crippen molar-refractivity contribution in [1.82, 2.24) is 5.32 Å². The number of halogens is 3. The number of hydrogen-bond donors (Lipinski definition) is 1. The summed E-state index contributed by atoms with van der Waals surface area (Å²) in [5.41, 5.74) is -3.12. The van der Waals surface area contributed by atoms with Gasteiger partial charge in [-0.15, -0.1) is 0 Å². The fourth-order valence-electron chi connectivity index (χ4n) is 2.14. The van der Waals surface area contributed by atoms with Crippen molar-refractivity contribution in [2.45, 2.75) is 45.4 Å². The topological polar surface area (TPSA) is 83.1 Å². The standard InChI is InChI=1S/C20H24F3NO6/c1-4-27-16(28-5-2)12-13-19(20(21,22)23,17(25)29-6-3)24-18(26)30-14-15-10-8-7-9-11-15/h7-11,16H,4-6,14H2,1-3H3,(H,24,26)/t19-/m0/s1. The predicted octanol–water partition coefficient (Wildman–Crippen LogP) is 3.18. The van der Waals surface area contributed by atoms with Crippen LogP contribution >= 0.6 is 0 Å². The first-order valence-corrected chi connectivity index (χ1v) is 9.18. The van der Waals surface area contributed by atoms with Gasteiger partial charge in [0.1, 0.15) is 6.61 Å². The second-order valence-electron chi connectivity index (χ2n) is 5.67. The van der Waals surface area contributed by atoms with E-state index in [-0.39, 0.29) is 26.4 Å². The van der Waals surface area contributed by atoms with Crippen molar-refractivity contribution in [2.24, 2.45) is 0 Å². The Morgan fingerprint density at radius 2 is 1.60 bits per heavy atom. The predicted molar refractivity (Wildman–Crippen MR) is 100.0 cm³/mol. The van der Waals surface area contributed by atoms with Crippen LogP contribution in [0, 0.1) is 11.8 Å². The van der Waals surface area contributed by atoms with Crippen LogP contribution in [0.5, 0.6) is 0 Å². The van der Waals surface area contributed by atoms with E-state index in [2.05, 4.69) is 10.7 Å². The van der Waals surface area contributed by atoms with Crippen LogP contribution in [-0.2, 0) is 30.3 Å². The summed E-state index contributed by atoms with van der Waals surface area (Å²) in [6.07, 6.45) is -8.15. The molecule has 0 radical (unpaired) electrons. The van der Waals surface area contributed by atoms with Crippen LogP contribution in [0.1, 0.15) is 26.3 Å². The Hall–Kier alpha value is -2.77. The van der Waals surface area contributed by atoms with Crippen LogP contribution in [0.15, 0.2) is 30.3 Å². The minimum absolute atomic E-state index is 0.102. The summed E-state index contributed by atoms with van der Waals surface area (Å²) < 4.78 is 61.3. The molecule has 0 unspecified atom stereocenters. The number of alkyl halides is 3.